The highest BCUT2D eigenvalue weighted by molar-refractivity contribution is 5.79. The molecule has 2 saturated heterocycles. The van der Waals surface area contributed by atoms with Crippen LogP contribution >= 0.6 is 0 Å². The van der Waals surface area contributed by atoms with Crippen LogP contribution in [0.2, 0.25) is 0 Å². The summed E-state index contributed by atoms with van der Waals surface area (Å²) in [4.78, 5) is 18.0. The number of nitrogens with two attached hydrogens (primary N) is 1. The van der Waals surface area contributed by atoms with Crippen molar-refractivity contribution in [2.45, 2.75) is 12.0 Å². The summed E-state index contributed by atoms with van der Waals surface area (Å²) in [5, 5.41) is 9.07. The summed E-state index contributed by atoms with van der Waals surface area (Å²) in [6, 6.07) is 0. The lowest BCUT2D eigenvalue weighted by atomic mass is 10.0. The molecule has 3 N–H and O–H groups in total. The molecule has 0 aromatic carbocycles. The van der Waals surface area contributed by atoms with E-state index in [0.717, 1.165) is 45.8 Å². The van der Waals surface area contributed by atoms with Crippen LogP contribution in [0.5, 0.6) is 0 Å². The van der Waals surface area contributed by atoms with Crippen molar-refractivity contribution in [3.63, 3.8) is 0 Å². The second-order valence-corrected chi connectivity index (χ2v) is 5.63. The van der Waals surface area contributed by atoms with Crippen molar-refractivity contribution in [2.24, 2.45) is 5.73 Å². The molecular formula is C12H24N4O2. The van der Waals surface area contributed by atoms with Crippen molar-refractivity contribution in [1.82, 2.24) is 14.7 Å². The number of hydrogen-bond donors (Lipinski definition) is 2. The lowest BCUT2D eigenvalue weighted by Crippen LogP contribution is -2.51. The molecule has 1 atom stereocenters. The normalized spacial score (nSPS) is 31.9. The van der Waals surface area contributed by atoms with E-state index in [4.69, 9.17) is 10.8 Å². The molecule has 6 nitrogen and oxygen atoms in total. The lowest BCUT2D eigenvalue weighted by Gasteiger charge is -2.33. The first kappa shape index (κ1) is 13.7. The standard InChI is InChI=1S/C12H24N4O2/c1-14-4-6-15(7-5-14)8-9-16-3-2-12(13,10-16)11(17)18/h2-10,13H2,1H3,(H,17,18). The Bertz CT molecular complexity index is 304. The van der Waals surface area contributed by atoms with E-state index in [1.807, 2.05) is 0 Å². The predicted molar refractivity (Wildman–Crippen MR) is 69.5 cm³/mol. The number of nitrogens with zero attached hydrogens (tertiary/aromatic N) is 3. The summed E-state index contributed by atoms with van der Waals surface area (Å²) >= 11 is 0. The van der Waals surface area contributed by atoms with E-state index in [1.54, 1.807) is 0 Å². The first-order valence-electron chi connectivity index (χ1n) is 6.65. The molecule has 0 saturated carbocycles. The SMILES string of the molecule is CN1CCN(CCN2CCC(N)(C(=O)O)C2)CC1. The summed E-state index contributed by atoms with van der Waals surface area (Å²) < 4.78 is 0. The Kier molecular flexibility index (Phi) is 4.21. The van der Waals surface area contributed by atoms with Gasteiger partial charge in [-0.05, 0) is 13.5 Å². The summed E-state index contributed by atoms with van der Waals surface area (Å²) in [5.74, 6) is -0.871. The van der Waals surface area contributed by atoms with Gasteiger partial charge in [0.1, 0.15) is 5.54 Å². The Morgan fingerprint density at radius 3 is 2.33 bits per heavy atom. The number of piperazine rings is 1. The number of likely N-dealkylation sites (tertiary alicyclic amines) is 1. The van der Waals surface area contributed by atoms with E-state index in [1.165, 1.54) is 0 Å². The van der Waals surface area contributed by atoms with Crippen LogP contribution in [0, 0.1) is 0 Å². The van der Waals surface area contributed by atoms with Crippen LogP contribution in [0.3, 0.4) is 0 Å². The topological polar surface area (TPSA) is 73.0 Å². The van der Waals surface area contributed by atoms with Gasteiger partial charge in [-0.3, -0.25) is 14.6 Å². The van der Waals surface area contributed by atoms with Crippen LogP contribution < -0.4 is 5.73 Å². The molecule has 0 bridgehead atoms. The zero-order valence-corrected chi connectivity index (χ0v) is 11.1. The fourth-order valence-electron chi connectivity index (χ4n) is 2.63. The highest BCUT2D eigenvalue weighted by atomic mass is 16.4. The van der Waals surface area contributed by atoms with Crippen LogP contribution in [-0.4, -0.2) is 90.7 Å². The molecule has 0 aliphatic carbocycles. The van der Waals surface area contributed by atoms with E-state index in [9.17, 15) is 4.79 Å². The third kappa shape index (κ3) is 3.20. The maximum Gasteiger partial charge on any atom is 0.325 e. The van der Waals surface area contributed by atoms with Gasteiger partial charge in [-0.15, -0.1) is 0 Å². The zero-order chi connectivity index (χ0) is 13.2. The van der Waals surface area contributed by atoms with Gasteiger partial charge in [-0.2, -0.15) is 0 Å². The number of carboxylic acids is 1. The van der Waals surface area contributed by atoms with Crippen molar-refractivity contribution in [3.8, 4) is 0 Å². The Labute approximate surface area is 108 Å². The van der Waals surface area contributed by atoms with Crippen LogP contribution in [0.4, 0.5) is 0 Å². The van der Waals surface area contributed by atoms with Crippen LogP contribution in [0.1, 0.15) is 6.42 Å². The minimum atomic E-state index is -1.03. The highest BCUT2D eigenvalue weighted by Crippen LogP contribution is 2.18. The maximum absolute atomic E-state index is 11.0. The first-order chi connectivity index (χ1) is 8.49. The largest absolute Gasteiger partial charge is 0.480 e. The number of hydrogen-bond acceptors (Lipinski definition) is 5. The van der Waals surface area contributed by atoms with E-state index in [2.05, 4.69) is 21.7 Å². The number of carboxylic acid groups (broad SMARTS) is 1. The molecule has 0 radical (unpaired) electrons. The smallest absolute Gasteiger partial charge is 0.325 e. The molecule has 18 heavy (non-hydrogen) atoms. The monoisotopic (exact) mass is 256 g/mol. The number of carbonyl (C=O) groups is 1. The fourth-order valence-corrected chi connectivity index (χ4v) is 2.63. The molecular weight excluding hydrogens is 232 g/mol. The van der Waals surface area contributed by atoms with Crippen molar-refractivity contribution in [2.75, 3.05) is 59.4 Å². The minimum Gasteiger partial charge on any atom is -0.480 e. The van der Waals surface area contributed by atoms with Gasteiger partial charge in [0.15, 0.2) is 0 Å². The van der Waals surface area contributed by atoms with Crippen LogP contribution in [-0.2, 0) is 4.79 Å². The number of rotatable bonds is 4. The van der Waals surface area contributed by atoms with Crippen molar-refractivity contribution in [1.29, 1.82) is 0 Å². The molecule has 104 valence electrons. The van der Waals surface area contributed by atoms with Crippen molar-refractivity contribution < 1.29 is 9.90 Å². The zero-order valence-electron chi connectivity index (χ0n) is 11.1. The second kappa shape index (κ2) is 5.52. The van der Waals surface area contributed by atoms with E-state index < -0.39 is 11.5 Å². The van der Waals surface area contributed by atoms with Gasteiger partial charge in [0.2, 0.25) is 0 Å². The van der Waals surface area contributed by atoms with E-state index in [0.29, 0.717) is 13.0 Å². The molecule has 1 unspecified atom stereocenters. The average molecular weight is 256 g/mol. The molecule has 0 spiro atoms. The average Bonchev–Trinajstić information content (AvgIpc) is 2.72. The van der Waals surface area contributed by atoms with Gasteiger partial charge >= 0.3 is 5.97 Å². The maximum atomic E-state index is 11.0. The van der Waals surface area contributed by atoms with Gasteiger partial charge < -0.3 is 15.7 Å². The summed E-state index contributed by atoms with van der Waals surface area (Å²) in [6.45, 7) is 7.69. The van der Waals surface area contributed by atoms with Gasteiger partial charge in [0, 0.05) is 52.4 Å². The third-order valence-electron chi connectivity index (χ3n) is 4.13. The molecule has 2 aliphatic rings. The van der Waals surface area contributed by atoms with Gasteiger partial charge in [-0.25, -0.2) is 0 Å². The molecule has 0 aromatic rings. The van der Waals surface area contributed by atoms with E-state index in [-0.39, 0.29) is 0 Å². The molecule has 2 rings (SSSR count). The van der Waals surface area contributed by atoms with Crippen LogP contribution in [0.25, 0.3) is 0 Å². The second-order valence-electron chi connectivity index (χ2n) is 5.63. The molecule has 6 heteroatoms. The molecule has 0 aromatic heterocycles. The quantitative estimate of drug-likeness (QED) is 0.653. The molecule has 2 aliphatic heterocycles. The highest BCUT2D eigenvalue weighted by Gasteiger charge is 2.40. The number of aliphatic carboxylic acids is 1. The van der Waals surface area contributed by atoms with Gasteiger partial charge in [0.05, 0.1) is 0 Å². The van der Waals surface area contributed by atoms with Crippen molar-refractivity contribution >= 4 is 5.97 Å². The Hall–Kier alpha value is -0.690. The van der Waals surface area contributed by atoms with Gasteiger partial charge in [0.25, 0.3) is 0 Å². The first-order valence-corrected chi connectivity index (χ1v) is 6.65. The predicted octanol–water partition coefficient (Wildman–Crippen LogP) is -1.28. The fraction of sp³-hybridized carbons (Fsp3) is 0.917. The minimum absolute atomic E-state index is 0.482. The number of likely N-dealkylation sites (N-methyl/N-ethyl adjacent to an activating group) is 1. The summed E-state index contributed by atoms with van der Waals surface area (Å²) in [6.07, 6.45) is 0.561. The molecule has 2 fully saturated rings. The molecule has 2 heterocycles. The Morgan fingerprint density at radius 1 is 1.17 bits per heavy atom. The third-order valence-corrected chi connectivity index (χ3v) is 4.13. The molecule has 0 amide bonds. The van der Waals surface area contributed by atoms with Crippen LogP contribution in [0.15, 0.2) is 0 Å². The summed E-state index contributed by atoms with van der Waals surface area (Å²) in [5.41, 5.74) is 4.83. The Morgan fingerprint density at radius 2 is 1.78 bits per heavy atom. The van der Waals surface area contributed by atoms with E-state index >= 15 is 0 Å². The lowest BCUT2D eigenvalue weighted by molar-refractivity contribution is -0.142. The Balaban J connectivity index is 1.71. The van der Waals surface area contributed by atoms with Gasteiger partial charge in [-0.1, -0.05) is 0 Å². The summed E-state index contributed by atoms with van der Waals surface area (Å²) in [7, 11) is 2.15. The van der Waals surface area contributed by atoms with Crippen molar-refractivity contribution in [3.05, 3.63) is 0 Å².